The number of hydrogen-bond acceptors (Lipinski definition) is 4. The maximum atomic E-state index is 12.7. The number of Topliss-reactive ketones (excluding diaryl/α,β-unsaturated/α-hetero) is 3. The van der Waals surface area contributed by atoms with Crippen LogP contribution in [0, 0.1) is 5.92 Å². The average molecular weight is 284 g/mol. The number of ether oxygens (including phenoxy) is 1. The van der Waals surface area contributed by atoms with Gasteiger partial charge in [0.05, 0.1) is 0 Å². The molecule has 3 rings (SSSR count). The molecule has 0 aliphatic heterocycles. The van der Waals surface area contributed by atoms with Gasteiger partial charge in [0.25, 0.3) is 0 Å². The molecule has 1 atom stereocenters. The van der Waals surface area contributed by atoms with Gasteiger partial charge in [0.15, 0.2) is 11.6 Å². The zero-order chi connectivity index (χ0) is 15.0. The molecule has 0 fully saturated rings. The Kier molecular flexibility index (Phi) is 3.55. The van der Waals surface area contributed by atoms with E-state index in [-0.39, 0.29) is 29.7 Å². The van der Waals surface area contributed by atoms with Crippen molar-refractivity contribution in [3.05, 3.63) is 46.5 Å². The fraction of sp³-hybridized carbons (Fsp3) is 0.353. The Balaban J connectivity index is 2.09. The van der Waals surface area contributed by atoms with E-state index in [9.17, 15) is 14.4 Å². The number of rotatable bonds is 3. The topological polar surface area (TPSA) is 60.4 Å². The molecule has 0 heterocycles. The van der Waals surface area contributed by atoms with Crippen molar-refractivity contribution in [3.63, 3.8) is 0 Å². The molecule has 0 bridgehead atoms. The highest BCUT2D eigenvalue weighted by Gasteiger charge is 2.39. The molecule has 0 aromatic heterocycles. The lowest BCUT2D eigenvalue weighted by Gasteiger charge is -2.30. The second-order valence-electron chi connectivity index (χ2n) is 5.49. The molecular formula is C17H16O4. The summed E-state index contributed by atoms with van der Waals surface area (Å²) in [4.78, 5) is 37.2. The van der Waals surface area contributed by atoms with Gasteiger partial charge in [-0.1, -0.05) is 24.3 Å². The van der Waals surface area contributed by atoms with E-state index in [2.05, 4.69) is 0 Å². The third kappa shape index (κ3) is 2.25. The Morgan fingerprint density at radius 3 is 2.43 bits per heavy atom. The van der Waals surface area contributed by atoms with E-state index >= 15 is 0 Å². The summed E-state index contributed by atoms with van der Waals surface area (Å²) in [6, 6.07) is 6.84. The molecule has 108 valence electrons. The van der Waals surface area contributed by atoms with Crippen LogP contribution in [0.3, 0.4) is 0 Å². The Morgan fingerprint density at radius 2 is 1.76 bits per heavy atom. The maximum Gasteiger partial charge on any atom is 0.190 e. The number of ketones is 3. The average Bonchev–Trinajstić information content (AvgIpc) is 2.50. The molecule has 0 radical (unpaired) electrons. The van der Waals surface area contributed by atoms with Crippen molar-refractivity contribution >= 4 is 17.3 Å². The molecule has 0 saturated heterocycles. The van der Waals surface area contributed by atoms with Crippen molar-refractivity contribution in [2.75, 3.05) is 13.7 Å². The van der Waals surface area contributed by atoms with Crippen LogP contribution in [-0.4, -0.2) is 31.1 Å². The lowest BCUT2D eigenvalue weighted by atomic mass is 9.71. The van der Waals surface area contributed by atoms with Crippen LogP contribution in [0.15, 0.2) is 35.4 Å². The van der Waals surface area contributed by atoms with Crippen molar-refractivity contribution in [1.82, 2.24) is 0 Å². The zero-order valence-electron chi connectivity index (χ0n) is 11.8. The Bertz CT molecular complexity index is 669. The van der Waals surface area contributed by atoms with Crippen LogP contribution in [0.25, 0.3) is 0 Å². The number of hydrogen-bond donors (Lipinski definition) is 0. The second-order valence-corrected chi connectivity index (χ2v) is 5.49. The summed E-state index contributed by atoms with van der Waals surface area (Å²) in [5.41, 5.74) is 1.81. The standard InChI is InChI=1S/C17H16O4/c1-21-7-6-10-8-11(18)9-14-15(10)17(20)13-5-3-2-4-12(13)16(14)19/h2-5,10H,6-9H2,1H3. The van der Waals surface area contributed by atoms with Crippen molar-refractivity contribution in [1.29, 1.82) is 0 Å². The third-order valence-corrected chi connectivity index (χ3v) is 4.19. The minimum Gasteiger partial charge on any atom is -0.385 e. The zero-order valence-corrected chi connectivity index (χ0v) is 11.8. The van der Waals surface area contributed by atoms with Crippen LogP contribution in [0.4, 0.5) is 0 Å². The van der Waals surface area contributed by atoms with Crippen LogP contribution < -0.4 is 0 Å². The fourth-order valence-electron chi connectivity index (χ4n) is 3.21. The molecular weight excluding hydrogens is 268 g/mol. The van der Waals surface area contributed by atoms with Crippen molar-refractivity contribution < 1.29 is 19.1 Å². The van der Waals surface area contributed by atoms with Gasteiger partial charge >= 0.3 is 0 Å². The first-order valence-corrected chi connectivity index (χ1v) is 7.05. The molecule has 4 heteroatoms. The van der Waals surface area contributed by atoms with Gasteiger partial charge in [0.2, 0.25) is 0 Å². The van der Waals surface area contributed by atoms with Crippen molar-refractivity contribution in [3.8, 4) is 0 Å². The number of benzene rings is 1. The first-order chi connectivity index (χ1) is 10.1. The van der Waals surface area contributed by atoms with Gasteiger partial charge in [-0.3, -0.25) is 14.4 Å². The van der Waals surface area contributed by atoms with E-state index in [1.54, 1.807) is 31.4 Å². The summed E-state index contributed by atoms with van der Waals surface area (Å²) in [7, 11) is 1.59. The van der Waals surface area contributed by atoms with E-state index in [4.69, 9.17) is 4.74 Å². The van der Waals surface area contributed by atoms with E-state index < -0.39 is 0 Å². The molecule has 1 aromatic rings. The van der Waals surface area contributed by atoms with Gasteiger partial charge in [-0.05, 0) is 12.3 Å². The normalized spacial score (nSPS) is 21.4. The van der Waals surface area contributed by atoms with Gasteiger partial charge < -0.3 is 4.74 Å². The monoisotopic (exact) mass is 284 g/mol. The summed E-state index contributed by atoms with van der Waals surface area (Å²) in [5.74, 6) is -0.453. The minimum absolute atomic E-state index is 0.0235. The number of fused-ring (bicyclic) bond motifs is 1. The molecule has 0 amide bonds. The van der Waals surface area contributed by atoms with Crippen molar-refractivity contribution in [2.24, 2.45) is 5.92 Å². The van der Waals surface area contributed by atoms with Crippen LogP contribution in [0.5, 0.6) is 0 Å². The predicted octanol–water partition coefficient (Wildman–Crippen LogP) is 2.38. The minimum atomic E-state index is -0.203. The SMILES string of the molecule is COCCC1CC(=O)CC2=C1C(=O)c1ccccc1C2=O. The summed E-state index contributed by atoms with van der Waals surface area (Å²) >= 11 is 0. The number of carbonyl (C=O) groups excluding carboxylic acids is 3. The van der Waals surface area contributed by atoms with E-state index in [0.717, 1.165) is 0 Å². The molecule has 1 aromatic carbocycles. The largest absolute Gasteiger partial charge is 0.385 e. The van der Waals surface area contributed by atoms with Gasteiger partial charge in [0, 0.05) is 48.8 Å². The van der Waals surface area contributed by atoms with E-state index in [1.165, 1.54) is 0 Å². The number of carbonyl (C=O) groups is 3. The summed E-state index contributed by atoms with van der Waals surface area (Å²) in [6.07, 6.45) is 0.989. The lowest BCUT2D eigenvalue weighted by Crippen LogP contribution is -2.32. The highest BCUT2D eigenvalue weighted by Crippen LogP contribution is 2.38. The van der Waals surface area contributed by atoms with Crippen LogP contribution in [0.2, 0.25) is 0 Å². The number of allylic oxidation sites excluding steroid dienone is 2. The molecule has 4 nitrogen and oxygen atoms in total. The van der Waals surface area contributed by atoms with E-state index in [0.29, 0.717) is 41.7 Å². The smallest absolute Gasteiger partial charge is 0.190 e. The molecule has 2 aliphatic rings. The van der Waals surface area contributed by atoms with Crippen LogP contribution >= 0.6 is 0 Å². The quantitative estimate of drug-likeness (QED) is 0.855. The first kappa shape index (κ1) is 13.9. The molecule has 21 heavy (non-hydrogen) atoms. The third-order valence-electron chi connectivity index (χ3n) is 4.19. The van der Waals surface area contributed by atoms with Gasteiger partial charge in [-0.25, -0.2) is 0 Å². The Hall–Kier alpha value is -2.07. The van der Waals surface area contributed by atoms with Gasteiger partial charge in [-0.2, -0.15) is 0 Å². The van der Waals surface area contributed by atoms with Crippen LogP contribution in [-0.2, 0) is 9.53 Å². The van der Waals surface area contributed by atoms with Gasteiger partial charge in [-0.15, -0.1) is 0 Å². The molecule has 0 spiro atoms. The van der Waals surface area contributed by atoms with Crippen LogP contribution in [0.1, 0.15) is 40.0 Å². The Labute approximate surface area is 122 Å². The maximum absolute atomic E-state index is 12.7. The highest BCUT2D eigenvalue weighted by atomic mass is 16.5. The van der Waals surface area contributed by atoms with Crippen molar-refractivity contribution in [2.45, 2.75) is 19.3 Å². The fourth-order valence-corrected chi connectivity index (χ4v) is 3.21. The predicted molar refractivity (Wildman–Crippen MR) is 76.4 cm³/mol. The first-order valence-electron chi connectivity index (χ1n) is 7.05. The van der Waals surface area contributed by atoms with E-state index in [1.807, 2.05) is 0 Å². The molecule has 2 aliphatic carbocycles. The van der Waals surface area contributed by atoms with Gasteiger partial charge in [0.1, 0.15) is 5.78 Å². The summed E-state index contributed by atoms with van der Waals surface area (Å²) in [5, 5.41) is 0. The number of methoxy groups -OCH3 is 1. The lowest BCUT2D eigenvalue weighted by molar-refractivity contribution is -0.119. The Morgan fingerprint density at radius 1 is 1.10 bits per heavy atom. The molecule has 0 saturated carbocycles. The summed E-state index contributed by atoms with van der Waals surface area (Å²) < 4.78 is 5.06. The molecule has 1 unspecified atom stereocenters. The molecule has 0 N–H and O–H groups in total. The second kappa shape index (κ2) is 5.37. The summed E-state index contributed by atoms with van der Waals surface area (Å²) in [6.45, 7) is 0.470. The highest BCUT2D eigenvalue weighted by molar-refractivity contribution is 6.28.